The van der Waals surface area contributed by atoms with Crippen molar-refractivity contribution in [1.82, 2.24) is 16.2 Å². The van der Waals surface area contributed by atoms with E-state index in [0.717, 1.165) is 18.3 Å². The van der Waals surface area contributed by atoms with Gasteiger partial charge in [0.05, 0.1) is 5.70 Å². The highest BCUT2D eigenvalue weighted by atomic mass is 19.1. The lowest BCUT2D eigenvalue weighted by atomic mass is 10.1. The van der Waals surface area contributed by atoms with E-state index in [9.17, 15) is 9.18 Å². The second-order valence-electron chi connectivity index (χ2n) is 4.27. The van der Waals surface area contributed by atoms with Crippen molar-refractivity contribution < 1.29 is 9.18 Å². The van der Waals surface area contributed by atoms with Gasteiger partial charge in [-0.2, -0.15) is 0 Å². The lowest BCUT2D eigenvalue weighted by Gasteiger charge is -2.27. The van der Waals surface area contributed by atoms with Crippen molar-refractivity contribution in [1.29, 1.82) is 0 Å². The van der Waals surface area contributed by atoms with Crippen molar-refractivity contribution in [3.63, 3.8) is 0 Å². The molecule has 1 atom stereocenters. The summed E-state index contributed by atoms with van der Waals surface area (Å²) in [7, 11) is 0. The van der Waals surface area contributed by atoms with Crippen LogP contribution in [0, 0.1) is 5.82 Å². The topological polar surface area (TPSA) is 53.2 Å². The summed E-state index contributed by atoms with van der Waals surface area (Å²) >= 11 is 0. The number of hydrogen-bond donors (Lipinski definition) is 3. The highest BCUT2D eigenvalue weighted by molar-refractivity contribution is 5.73. The van der Waals surface area contributed by atoms with Gasteiger partial charge in [-0.05, 0) is 30.2 Å². The van der Waals surface area contributed by atoms with E-state index in [1.807, 2.05) is 13.0 Å². The fraction of sp³-hybridized carbons (Fsp3) is 0.308. The van der Waals surface area contributed by atoms with Crippen molar-refractivity contribution in [2.45, 2.75) is 25.6 Å². The van der Waals surface area contributed by atoms with Gasteiger partial charge in [-0.1, -0.05) is 19.1 Å². The number of hydrogen-bond acceptors (Lipinski definition) is 4. The zero-order valence-electron chi connectivity index (χ0n) is 10.2. The summed E-state index contributed by atoms with van der Waals surface area (Å²) in [5.41, 5.74) is 6.92. The van der Waals surface area contributed by atoms with Gasteiger partial charge in [-0.3, -0.25) is 10.1 Å². The second-order valence-corrected chi connectivity index (χ2v) is 4.27. The summed E-state index contributed by atoms with van der Waals surface area (Å²) in [6.45, 7) is 2.60. The summed E-state index contributed by atoms with van der Waals surface area (Å²) in [5, 5.41) is 3.31. The van der Waals surface area contributed by atoms with E-state index in [4.69, 9.17) is 0 Å². The van der Waals surface area contributed by atoms with E-state index >= 15 is 0 Å². The second kappa shape index (κ2) is 5.29. The van der Waals surface area contributed by atoms with Gasteiger partial charge in [0, 0.05) is 6.54 Å². The molecule has 0 aliphatic carbocycles. The molecule has 1 aliphatic rings. The predicted octanol–water partition coefficient (Wildman–Crippen LogP) is 1.21. The molecule has 5 heteroatoms. The molecular formula is C13H16FN3O. The first-order chi connectivity index (χ1) is 8.67. The van der Waals surface area contributed by atoms with Crippen molar-refractivity contribution in [3.8, 4) is 0 Å². The largest absolute Gasteiger partial charge is 0.317 e. The molecule has 1 aliphatic heterocycles. The van der Waals surface area contributed by atoms with Crippen molar-refractivity contribution in [2.24, 2.45) is 0 Å². The van der Waals surface area contributed by atoms with E-state index in [1.54, 1.807) is 12.1 Å². The number of halogens is 1. The van der Waals surface area contributed by atoms with Crippen molar-refractivity contribution in [3.05, 3.63) is 47.4 Å². The van der Waals surface area contributed by atoms with Crippen LogP contribution < -0.4 is 16.2 Å². The Balaban J connectivity index is 2.02. The third-order valence-electron chi connectivity index (χ3n) is 3.04. The van der Waals surface area contributed by atoms with E-state index in [1.165, 1.54) is 12.1 Å². The van der Waals surface area contributed by atoms with E-state index in [-0.39, 0.29) is 5.82 Å². The van der Waals surface area contributed by atoms with Crippen LogP contribution >= 0.6 is 0 Å². The minimum Gasteiger partial charge on any atom is -0.317 e. The lowest BCUT2D eigenvalue weighted by molar-refractivity contribution is -0.105. The first kappa shape index (κ1) is 12.7. The van der Waals surface area contributed by atoms with Crippen LogP contribution in [0.5, 0.6) is 0 Å². The Labute approximate surface area is 105 Å². The molecule has 1 aromatic carbocycles. The average molecular weight is 249 g/mol. The Kier molecular flexibility index (Phi) is 3.74. The molecule has 0 fully saturated rings. The fourth-order valence-corrected chi connectivity index (χ4v) is 1.86. The monoisotopic (exact) mass is 249 g/mol. The van der Waals surface area contributed by atoms with Gasteiger partial charge in [0.25, 0.3) is 0 Å². The normalized spacial score (nSPS) is 22.4. The first-order valence-electron chi connectivity index (χ1n) is 5.88. The molecule has 96 valence electrons. The molecule has 18 heavy (non-hydrogen) atoms. The highest BCUT2D eigenvalue weighted by Crippen LogP contribution is 2.15. The molecule has 3 N–H and O–H groups in total. The maximum atomic E-state index is 12.8. The first-order valence-corrected chi connectivity index (χ1v) is 5.88. The van der Waals surface area contributed by atoms with Crippen LogP contribution in [0.2, 0.25) is 0 Å². The predicted molar refractivity (Wildman–Crippen MR) is 66.7 cm³/mol. The van der Waals surface area contributed by atoms with Crippen LogP contribution in [-0.4, -0.2) is 11.9 Å². The summed E-state index contributed by atoms with van der Waals surface area (Å²) in [4.78, 5) is 10.7. The summed E-state index contributed by atoms with van der Waals surface area (Å²) < 4.78 is 12.8. The molecule has 0 radical (unpaired) electrons. The number of nitrogens with one attached hydrogen (secondary N) is 3. The Morgan fingerprint density at radius 3 is 2.67 bits per heavy atom. The van der Waals surface area contributed by atoms with Crippen LogP contribution in [0.4, 0.5) is 4.39 Å². The lowest BCUT2D eigenvalue weighted by Crippen LogP contribution is -2.54. The van der Waals surface area contributed by atoms with Gasteiger partial charge >= 0.3 is 0 Å². The molecule has 1 heterocycles. The quantitative estimate of drug-likeness (QED) is 0.687. The van der Waals surface area contributed by atoms with Crippen LogP contribution in [0.3, 0.4) is 0 Å². The average Bonchev–Trinajstić information content (AvgIpc) is 2.83. The van der Waals surface area contributed by atoms with Gasteiger partial charge < -0.3 is 5.43 Å². The standard InChI is InChI=1S/C13H16FN3O/c1-2-13(7-12(9-18)16-17-13)15-8-10-3-5-11(14)6-4-10/h3-7,9,15-17H,2,8H2,1H3. The Hall–Kier alpha value is -1.72. The third-order valence-corrected chi connectivity index (χ3v) is 3.04. The van der Waals surface area contributed by atoms with Gasteiger partial charge in [0.2, 0.25) is 0 Å². The zero-order valence-corrected chi connectivity index (χ0v) is 10.2. The Bertz CT molecular complexity index is 458. The molecule has 4 nitrogen and oxygen atoms in total. The van der Waals surface area contributed by atoms with E-state index in [2.05, 4.69) is 16.2 Å². The molecule has 0 amide bonds. The Morgan fingerprint density at radius 1 is 1.39 bits per heavy atom. The maximum absolute atomic E-state index is 12.8. The summed E-state index contributed by atoms with van der Waals surface area (Å²) in [6.07, 6.45) is 3.37. The number of rotatable bonds is 5. The van der Waals surface area contributed by atoms with E-state index < -0.39 is 5.66 Å². The molecule has 0 bridgehead atoms. The number of hydrazine groups is 1. The smallest absolute Gasteiger partial charge is 0.167 e. The number of carbonyl (C=O) groups is 1. The molecule has 0 aromatic heterocycles. The van der Waals surface area contributed by atoms with E-state index in [0.29, 0.717) is 12.2 Å². The number of carbonyl (C=O) groups excluding carboxylic acids is 1. The molecule has 1 unspecified atom stereocenters. The van der Waals surface area contributed by atoms with Gasteiger partial charge in [-0.15, -0.1) is 0 Å². The van der Waals surface area contributed by atoms with Gasteiger partial charge in [0.15, 0.2) is 6.29 Å². The third kappa shape index (κ3) is 2.75. The maximum Gasteiger partial charge on any atom is 0.167 e. The number of benzene rings is 1. The minimum absolute atomic E-state index is 0.243. The minimum atomic E-state index is -0.440. The molecule has 0 saturated heterocycles. The van der Waals surface area contributed by atoms with Gasteiger partial charge in [0.1, 0.15) is 11.5 Å². The van der Waals surface area contributed by atoms with Crippen LogP contribution in [0.25, 0.3) is 0 Å². The number of aldehydes is 1. The molecule has 0 saturated carbocycles. The van der Waals surface area contributed by atoms with Gasteiger partial charge in [-0.25, -0.2) is 9.82 Å². The number of allylic oxidation sites excluding steroid dienone is 1. The fourth-order valence-electron chi connectivity index (χ4n) is 1.86. The summed E-state index contributed by atoms with van der Waals surface area (Å²) in [6, 6.07) is 6.34. The molecular weight excluding hydrogens is 233 g/mol. The zero-order chi connectivity index (χ0) is 13.0. The molecule has 1 aromatic rings. The SMILES string of the molecule is CCC1(NCc2ccc(F)cc2)C=C(C=O)NN1. The summed E-state index contributed by atoms with van der Waals surface area (Å²) in [5.74, 6) is -0.243. The van der Waals surface area contributed by atoms with Crippen molar-refractivity contribution in [2.75, 3.05) is 0 Å². The van der Waals surface area contributed by atoms with Crippen LogP contribution in [0.15, 0.2) is 36.0 Å². The molecule has 2 rings (SSSR count). The Morgan fingerprint density at radius 2 is 2.11 bits per heavy atom. The highest BCUT2D eigenvalue weighted by Gasteiger charge is 2.29. The van der Waals surface area contributed by atoms with Crippen LogP contribution in [-0.2, 0) is 11.3 Å². The van der Waals surface area contributed by atoms with Crippen LogP contribution in [0.1, 0.15) is 18.9 Å². The van der Waals surface area contributed by atoms with Crippen molar-refractivity contribution >= 4 is 6.29 Å². The molecule has 0 spiro atoms.